The molecule has 1 aliphatic rings. The molecule has 0 amide bonds. The zero-order valence-electron chi connectivity index (χ0n) is 11.6. The van der Waals surface area contributed by atoms with E-state index in [-0.39, 0.29) is 0 Å². The molecule has 2 nitrogen and oxygen atoms in total. The summed E-state index contributed by atoms with van der Waals surface area (Å²) in [4.78, 5) is 0. The van der Waals surface area contributed by atoms with Crippen LogP contribution in [-0.2, 0) is 6.54 Å². The Bertz CT molecular complexity index is 413. The van der Waals surface area contributed by atoms with Crippen LogP contribution in [0.4, 0.5) is 0 Å². The van der Waals surface area contributed by atoms with Crippen LogP contribution in [-0.4, -0.2) is 24.2 Å². The van der Waals surface area contributed by atoms with E-state index in [0.717, 1.165) is 28.1 Å². The largest absolute Gasteiger partial charge is 0.496 e. The highest BCUT2D eigenvalue weighted by molar-refractivity contribution is 7.99. The highest BCUT2D eigenvalue weighted by Gasteiger charge is 2.26. The molecule has 0 aromatic heterocycles. The van der Waals surface area contributed by atoms with Crippen LogP contribution in [0.1, 0.15) is 31.7 Å². The lowest BCUT2D eigenvalue weighted by Gasteiger charge is -2.21. The SMILES string of the molecule is CCSC1CCCC1NCc1c(Cl)cccc1OC. The van der Waals surface area contributed by atoms with E-state index in [1.54, 1.807) is 7.11 Å². The fraction of sp³-hybridized carbons (Fsp3) is 0.600. The maximum absolute atomic E-state index is 6.27. The van der Waals surface area contributed by atoms with Gasteiger partial charge in [0.05, 0.1) is 7.11 Å². The van der Waals surface area contributed by atoms with Crippen molar-refractivity contribution in [3.05, 3.63) is 28.8 Å². The standard InChI is InChI=1S/C15H22ClNOS/c1-3-19-15-9-5-7-13(15)17-10-11-12(16)6-4-8-14(11)18-2/h4,6,8,13,15,17H,3,5,7,9-10H2,1-2H3. The Morgan fingerprint density at radius 3 is 3.00 bits per heavy atom. The van der Waals surface area contributed by atoms with Crippen molar-refractivity contribution < 1.29 is 4.74 Å². The molecule has 106 valence electrons. The molecule has 0 saturated heterocycles. The molecule has 2 atom stereocenters. The number of benzene rings is 1. The number of rotatable bonds is 6. The van der Waals surface area contributed by atoms with E-state index in [0.29, 0.717) is 6.04 Å². The third-order valence-corrected chi connectivity index (χ3v) is 5.35. The highest BCUT2D eigenvalue weighted by Crippen LogP contribution is 2.31. The minimum atomic E-state index is 0.603. The molecular weight excluding hydrogens is 278 g/mol. The second kappa shape index (κ2) is 7.41. The molecule has 0 radical (unpaired) electrons. The summed E-state index contributed by atoms with van der Waals surface area (Å²) in [5, 5.41) is 5.19. The number of hydrogen-bond donors (Lipinski definition) is 1. The fourth-order valence-corrected chi connectivity index (χ4v) is 4.17. The summed E-state index contributed by atoms with van der Waals surface area (Å²) in [5.41, 5.74) is 1.07. The number of hydrogen-bond acceptors (Lipinski definition) is 3. The predicted molar refractivity (Wildman–Crippen MR) is 84.4 cm³/mol. The first-order valence-corrected chi connectivity index (χ1v) is 8.35. The summed E-state index contributed by atoms with van der Waals surface area (Å²) in [6, 6.07) is 6.42. The molecule has 1 aromatic carbocycles. The molecule has 0 bridgehead atoms. The molecule has 0 heterocycles. The second-order valence-corrected chi connectivity index (χ2v) is 6.76. The quantitative estimate of drug-likeness (QED) is 0.854. The van der Waals surface area contributed by atoms with Gasteiger partial charge in [-0.3, -0.25) is 0 Å². The first kappa shape index (κ1) is 15.0. The Kier molecular flexibility index (Phi) is 5.86. The Hall–Kier alpha value is -0.380. The second-order valence-electron chi connectivity index (χ2n) is 4.83. The van der Waals surface area contributed by atoms with E-state index in [4.69, 9.17) is 16.3 Å². The Morgan fingerprint density at radius 2 is 2.26 bits per heavy atom. The minimum absolute atomic E-state index is 0.603. The fourth-order valence-electron chi connectivity index (χ4n) is 2.71. The lowest BCUT2D eigenvalue weighted by atomic mass is 10.1. The Labute approximate surface area is 125 Å². The van der Waals surface area contributed by atoms with Crippen LogP contribution >= 0.6 is 23.4 Å². The number of ether oxygens (including phenoxy) is 1. The van der Waals surface area contributed by atoms with Crippen molar-refractivity contribution in [3.8, 4) is 5.75 Å². The zero-order chi connectivity index (χ0) is 13.7. The maximum atomic E-state index is 6.27. The van der Waals surface area contributed by atoms with Crippen LogP contribution in [0.25, 0.3) is 0 Å². The van der Waals surface area contributed by atoms with Crippen molar-refractivity contribution in [3.63, 3.8) is 0 Å². The normalized spacial score (nSPS) is 22.7. The molecule has 1 aromatic rings. The molecule has 1 fully saturated rings. The van der Waals surface area contributed by atoms with E-state index in [1.807, 2.05) is 18.2 Å². The summed E-state index contributed by atoms with van der Waals surface area (Å²) in [7, 11) is 1.69. The molecular formula is C15H22ClNOS. The number of halogens is 1. The van der Waals surface area contributed by atoms with Gasteiger partial charge in [0.1, 0.15) is 5.75 Å². The predicted octanol–water partition coefficient (Wildman–Crippen LogP) is 4.11. The van der Waals surface area contributed by atoms with Crippen molar-refractivity contribution >= 4 is 23.4 Å². The van der Waals surface area contributed by atoms with Gasteiger partial charge in [-0.15, -0.1) is 0 Å². The van der Waals surface area contributed by atoms with Crippen molar-refractivity contribution in [1.29, 1.82) is 0 Å². The van der Waals surface area contributed by atoms with Crippen LogP contribution in [0.15, 0.2) is 18.2 Å². The summed E-state index contributed by atoms with van der Waals surface area (Å²) in [5.74, 6) is 2.07. The summed E-state index contributed by atoms with van der Waals surface area (Å²) in [6.07, 6.45) is 3.93. The molecule has 1 aliphatic carbocycles. The van der Waals surface area contributed by atoms with E-state index < -0.39 is 0 Å². The average Bonchev–Trinajstić information content (AvgIpc) is 2.85. The maximum Gasteiger partial charge on any atom is 0.124 e. The van der Waals surface area contributed by atoms with Crippen LogP contribution in [0, 0.1) is 0 Å². The van der Waals surface area contributed by atoms with Crippen LogP contribution in [0.5, 0.6) is 5.75 Å². The molecule has 1 N–H and O–H groups in total. The molecule has 2 unspecified atom stereocenters. The van der Waals surface area contributed by atoms with Crippen molar-refractivity contribution in [2.24, 2.45) is 0 Å². The van der Waals surface area contributed by atoms with Gasteiger partial charge in [0, 0.05) is 28.4 Å². The van der Waals surface area contributed by atoms with Gasteiger partial charge >= 0.3 is 0 Å². The summed E-state index contributed by atoms with van der Waals surface area (Å²) < 4.78 is 5.39. The van der Waals surface area contributed by atoms with Gasteiger partial charge in [0.15, 0.2) is 0 Å². The van der Waals surface area contributed by atoms with Crippen LogP contribution in [0.3, 0.4) is 0 Å². The van der Waals surface area contributed by atoms with Gasteiger partial charge in [-0.05, 0) is 30.7 Å². The molecule has 0 spiro atoms. The third-order valence-electron chi connectivity index (χ3n) is 3.67. The topological polar surface area (TPSA) is 21.3 Å². The van der Waals surface area contributed by atoms with Crippen molar-refractivity contribution in [2.45, 2.75) is 44.0 Å². The van der Waals surface area contributed by atoms with E-state index in [2.05, 4.69) is 24.0 Å². The molecule has 19 heavy (non-hydrogen) atoms. The monoisotopic (exact) mass is 299 g/mol. The zero-order valence-corrected chi connectivity index (χ0v) is 13.2. The molecule has 0 aliphatic heterocycles. The van der Waals surface area contributed by atoms with Crippen molar-refractivity contribution in [2.75, 3.05) is 12.9 Å². The number of methoxy groups -OCH3 is 1. The Balaban J connectivity index is 1.98. The van der Waals surface area contributed by atoms with E-state index >= 15 is 0 Å². The van der Waals surface area contributed by atoms with Gasteiger partial charge in [0.2, 0.25) is 0 Å². The van der Waals surface area contributed by atoms with Gasteiger partial charge in [0.25, 0.3) is 0 Å². The molecule has 2 rings (SSSR count). The van der Waals surface area contributed by atoms with E-state index in [1.165, 1.54) is 25.0 Å². The lowest BCUT2D eigenvalue weighted by molar-refractivity contribution is 0.405. The van der Waals surface area contributed by atoms with Gasteiger partial charge in [-0.1, -0.05) is 31.0 Å². The number of thioether (sulfide) groups is 1. The first-order chi connectivity index (χ1) is 9.26. The smallest absolute Gasteiger partial charge is 0.124 e. The highest BCUT2D eigenvalue weighted by atomic mass is 35.5. The average molecular weight is 300 g/mol. The number of nitrogens with one attached hydrogen (secondary N) is 1. The van der Waals surface area contributed by atoms with Crippen LogP contribution < -0.4 is 10.1 Å². The molecule has 4 heteroatoms. The lowest BCUT2D eigenvalue weighted by Crippen LogP contribution is -2.33. The minimum Gasteiger partial charge on any atom is -0.496 e. The van der Waals surface area contributed by atoms with Crippen molar-refractivity contribution in [1.82, 2.24) is 5.32 Å². The van der Waals surface area contributed by atoms with Gasteiger partial charge in [-0.25, -0.2) is 0 Å². The van der Waals surface area contributed by atoms with Gasteiger partial charge in [-0.2, -0.15) is 11.8 Å². The molecule has 1 saturated carbocycles. The Morgan fingerprint density at radius 1 is 1.42 bits per heavy atom. The van der Waals surface area contributed by atoms with Gasteiger partial charge < -0.3 is 10.1 Å². The summed E-state index contributed by atoms with van der Waals surface area (Å²) >= 11 is 8.34. The summed E-state index contributed by atoms with van der Waals surface area (Å²) in [6.45, 7) is 3.02. The first-order valence-electron chi connectivity index (χ1n) is 6.92. The van der Waals surface area contributed by atoms with E-state index in [9.17, 15) is 0 Å². The van der Waals surface area contributed by atoms with Crippen LogP contribution in [0.2, 0.25) is 5.02 Å². The third kappa shape index (κ3) is 3.80.